The molecule has 0 bridgehead atoms. The van der Waals surface area contributed by atoms with Crippen LogP contribution in [0.25, 0.3) is 104 Å². The summed E-state index contributed by atoms with van der Waals surface area (Å²) >= 11 is 1.82. The van der Waals surface area contributed by atoms with Crippen LogP contribution < -0.4 is 0 Å². The SMILES string of the molecule is c1ccc(-c2nc(-c3cccc4c3sc3c4ccc4c3c3ccccc3n4-c3ccccc3)nc(-c3cccc4oc5ccccc5c34)n2)cc1. The molecule has 0 fully saturated rings. The topological polar surface area (TPSA) is 56.7 Å². The first-order valence-corrected chi connectivity index (χ1v) is 17.8. The fraction of sp³-hybridized carbons (Fsp3) is 0. The zero-order valence-electron chi connectivity index (χ0n) is 27.1. The second-order valence-corrected chi connectivity index (χ2v) is 13.8. The fourth-order valence-corrected chi connectivity index (χ4v) is 9.00. The number of hydrogen-bond donors (Lipinski definition) is 0. The van der Waals surface area contributed by atoms with Crippen molar-refractivity contribution in [2.45, 2.75) is 0 Å². The van der Waals surface area contributed by atoms with E-state index >= 15 is 0 Å². The lowest BCUT2D eigenvalue weighted by Gasteiger charge is -2.10. The molecule has 0 aliphatic carbocycles. The summed E-state index contributed by atoms with van der Waals surface area (Å²) in [5, 5.41) is 6.96. The molecule has 0 unspecified atom stereocenters. The van der Waals surface area contributed by atoms with Crippen LogP contribution in [0.15, 0.2) is 162 Å². The Hall–Kier alpha value is -6.63. The van der Waals surface area contributed by atoms with Gasteiger partial charge in [-0.25, -0.2) is 15.0 Å². The molecule has 4 aromatic heterocycles. The maximum atomic E-state index is 6.26. The van der Waals surface area contributed by atoms with Crippen LogP contribution in [0.4, 0.5) is 0 Å². The molecular formula is C45H26N4OS. The Morgan fingerprint density at radius 2 is 1.04 bits per heavy atom. The number of rotatable bonds is 4. The first-order chi connectivity index (χ1) is 25.3. The predicted octanol–water partition coefficient (Wildman–Crippen LogP) is 12.2. The normalized spacial score (nSPS) is 11.9. The van der Waals surface area contributed by atoms with Gasteiger partial charge in [-0.05, 0) is 42.5 Å². The molecule has 0 atom stereocenters. The Labute approximate surface area is 295 Å². The molecule has 0 N–H and O–H groups in total. The van der Waals surface area contributed by atoms with Gasteiger partial charge >= 0.3 is 0 Å². The fourth-order valence-electron chi connectivity index (χ4n) is 7.63. The highest BCUT2D eigenvalue weighted by molar-refractivity contribution is 7.27. The predicted molar refractivity (Wildman–Crippen MR) is 211 cm³/mol. The van der Waals surface area contributed by atoms with Gasteiger partial charge in [0.25, 0.3) is 0 Å². The van der Waals surface area contributed by atoms with Gasteiger partial charge in [0.05, 0.1) is 11.0 Å². The zero-order chi connectivity index (χ0) is 33.5. The van der Waals surface area contributed by atoms with Crippen LogP contribution in [0.5, 0.6) is 0 Å². The molecule has 0 aliphatic rings. The number of para-hydroxylation sites is 3. The second-order valence-electron chi connectivity index (χ2n) is 12.8. The van der Waals surface area contributed by atoms with E-state index in [4.69, 9.17) is 19.4 Å². The van der Waals surface area contributed by atoms with Crippen molar-refractivity contribution in [3.63, 3.8) is 0 Å². The Kier molecular flexibility index (Phi) is 6.05. The van der Waals surface area contributed by atoms with Gasteiger partial charge in [0.15, 0.2) is 17.5 Å². The summed E-state index contributed by atoms with van der Waals surface area (Å²) in [5.41, 5.74) is 8.02. The number of benzene rings is 7. The number of thiophene rings is 1. The van der Waals surface area contributed by atoms with Crippen molar-refractivity contribution in [3.05, 3.63) is 158 Å². The van der Waals surface area contributed by atoms with Crippen LogP contribution in [-0.4, -0.2) is 19.5 Å². The highest BCUT2D eigenvalue weighted by atomic mass is 32.1. The standard InChI is InChI=1S/C45H26N4OS/c1-3-13-27(14-4-1)43-46-44(33-20-12-24-38-39(33)32-18-8-10-23-37(32)50-38)48-45(47-43)34-21-11-19-29-30-25-26-36-40(42(30)51-41(29)34)31-17-7-9-22-35(31)49(36)28-15-5-2-6-16-28/h1-26H. The van der Waals surface area contributed by atoms with E-state index in [-0.39, 0.29) is 0 Å². The molecule has 0 aliphatic heterocycles. The van der Waals surface area contributed by atoms with Crippen LogP contribution in [0, 0.1) is 0 Å². The molecule has 11 aromatic rings. The smallest absolute Gasteiger partial charge is 0.165 e. The molecule has 0 saturated heterocycles. The number of aromatic nitrogens is 4. The Bertz CT molecular complexity index is 3140. The largest absolute Gasteiger partial charge is 0.456 e. The van der Waals surface area contributed by atoms with Crippen molar-refractivity contribution in [1.82, 2.24) is 19.5 Å². The lowest BCUT2D eigenvalue weighted by Crippen LogP contribution is -2.00. The summed E-state index contributed by atoms with van der Waals surface area (Å²) in [5.74, 6) is 1.89. The average molecular weight is 671 g/mol. The molecule has 0 saturated carbocycles. The average Bonchev–Trinajstić information content (AvgIpc) is 3.88. The minimum atomic E-state index is 0.613. The van der Waals surface area contributed by atoms with Gasteiger partial charge in [0.2, 0.25) is 0 Å². The lowest BCUT2D eigenvalue weighted by molar-refractivity contribution is 0.669. The third kappa shape index (κ3) is 4.24. The van der Waals surface area contributed by atoms with Crippen LogP contribution in [0.3, 0.4) is 0 Å². The highest BCUT2D eigenvalue weighted by Crippen LogP contribution is 2.46. The van der Waals surface area contributed by atoms with E-state index in [1.807, 2.05) is 59.9 Å². The van der Waals surface area contributed by atoms with E-state index in [1.165, 1.54) is 37.3 Å². The summed E-state index contributed by atoms with van der Waals surface area (Å²) in [6.07, 6.45) is 0. The van der Waals surface area contributed by atoms with E-state index in [0.717, 1.165) is 49.0 Å². The molecule has 5 nitrogen and oxygen atoms in total. The van der Waals surface area contributed by atoms with Gasteiger partial charge in [-0.1, -0.05) is 115 Å². The Balaban J connectivity index is 1.20. The van der Waals surface area contributed by atoms with Gasteiger partial charge < -0.3 is 8.98 Å². The van der Waals surface area contributed by atoms with Crippen molar-refractivity contribution in [3.8, 4) is 39.9 Å². The van der Waals surface area contributed by atoms with E-state index in [2.05, 4.69) is 114 Å². The molecule has 11 rings (SSSR count). The third-order valence-corrected chi connectivity index (χ3v) is 11.1. The van der Waals surface area contributed by atoms with Gasteiger partial charge in [0.1, 0.15) is 11.2 Å². The summed E-state index contributed by atoms with van der Waals surface area (Å²) in [4.78, 5) is 15.5. The van der Waals surface area contributed by atoms with Crippen LogP contribution in [0.1, 0.15) is 0 Å². The van der Waals surface area contributed by atoms with E-state index in [9.17, 15) is 0 Å². The monoisotopic (exact) mass is 670 g/mol. The van der Waals surface area contributed by atoms with E-state index in [1.54, 1.807) is 0 Å². The van der Waals surface area contributed by atoms with Gasteiger partial charge in [-0.2, -0.15) is 0 Å². The molecule has 0 spiro atoms. The van der Waals surface area contributed by atoms with Crippen molar-refractivity contribution >= 4 is 75.3 Å². The summed E-state index contributed by atoms with van der Waals surface area (Å²) in [7, 11) is 0. The summed E-state index contributed by atoms with van der Waals surface area (Å²) in [6, 6.07) is 54.8. The maximum absolute atomic E-state index is 6.26. The van der Waals surface area contributed by atoms with Crippen molar-refractivity contribution in [2.24, 2.45) is 0 Å². The van der Waals surface area contributed by atoms with Crippen LogP contribution >= 0.6 is 11.3 Å². The number of furan rings is 1. The minimum Gasteiger partial charge on any atom is -0.456 e. The lowest BCUT2D eigenvalue weighted by atomic mass is 10.0. The van der Waals surface area contributed by atoms with Gasteiger partial charge in [-0.15, -0.1) is 11.3 Å². The van der Waals surface area contributed by atoms with Crippen molar-refractivity contribution in [2.75, 3.05) is 0 Å². The number of fused-ring (bicyclic) bond motifs is 10. The molecule has 51 heavy (non-hydrogen) atoms. The Morgan fingerprint density at radius 1 is 0.412 bits per heavy atom. The minimum absolute atomic E-state index is 0.613. The molecular weight excluding hydrogens is 645 g/mol. The van der Waals surface area contributed by atoms with Crippen molar-refractivity contribution in [1.29, 1.82) is 0 Å². The van der Waals surface area contributed by atoms with Crippen LogP contribution in [0.2, 0.25) is 0 Å². The Morgan fingerprint density at radius 3 is 1.90 bits per heavy atom. The first-order valence-electron chi connectivity index (χ1n) is 17.0. The van der Waals surface area contributed by atoms with Crippen molar-refractivity contribution < 1.29 is 4.42 Å². The maximum Gasteiger partial charge on any atom is 0.165 e. The number of nitrogens with zero attached hydrogens (tertiary/aromatic N) is 4. The molecule has 4 heterocycles. The van der Waals surface area contributed by atoms with Crippen LogP contribution in [-0.2, 0) is 0 Å². The third-order valence-electron chi connectivity index (χ3n) is 9.87. The zero-order valence-corrected chi connectivity index (χ0v) is 27.9. The molecule has 238 valence electrons. The molecule has 6 heteroatoms. The first kappa shape index (κ1) is 28.2. The molecule has 0 amide bonds. The van der Waals surface area contributed by atoms with E-state index < -0.39 is 0 Å². The number of hydrogen-bond acceptors (Lipinski definition) is 5. The molecule has 7 aromatic carbocycles. The van der Waals surface area contributed by atoms with E-state index in [0.29, 0.717) is 17.5 Å². The van der Waals surface area contributed by atoms with Gasteiger partial charge in [0, 0.05) is 64.1 Å². The van der Waals surface area contributed by atoms with Gasteiger partial charge in [-0.3, -0.25) is 0 Å². The quantitative estimate of drug-likeness (QED) is 0.187. The summed E-state index contributed by atoms with van der Waals surface area (Å²) < 4.78 is 11.0. The highest BCUT2D eigenvalue weighted by Gasteiger charge is 2.22. The molecule has 0 radical (unpaired) electrons. The summed E-state index contributed by atoms with van der Waals surface area (Å²) in [6.45, 7) is 0. The second kappa shape index (κ2) is 10.9.